The van der Waals surface area contributed by atoms with Crippen LogP contribution in [-0.2, 0) is 11.2 Å². The summed E-state index contributed by atoms with van der Waals surface area (Å²) in [6, 6.07) is 8.81. The van der Waals surface area contributed by atoms with Crippen LogP contribution in [0.1, 0.15) is 22.8 Å². The van der Waals surface area contributed by atoms with E-state index in [0.29, 0.717) is 23.5 Å². The first-order valence-corrected chi connectivity index (χ1v) is 8.38. The standard InChI is InChI=1S/C20H17NO7/c1-2-11-7-13(4-5-14(11)20(24)25)28-17-9-27-16-8-12(26-10-18(21)22)3-6-15(16)19(17)23/h3-9H,2,10H2,1H3,(H2,21,22)(H,24,25)/p-1. The van der Waals surface area contributed by atoms with Crippen molar-refractivity contribution >= 4 is 22.8 Å². The van der Waals surface area contributed by atoms with Crippen LogP contribution in [0, 0.1) is 0 Å². The molecule has 8 heteroatoms. The fraction of sp³-hybridized carbons (Fsp3) is 0.150. The fourth-order valence-electron chi connectivity index (χ4n) is 2.66. The predicted molar refractivity (Wildman–Crippen MR) is 97.4 cm³/mol. The lowest BCUT2D eigenvalue weighted by molar-refractivity contribution is -0.255. The van der Waals surface area contributed by atoms with Gasteiger partial charge in [-0.1, -0.05) is 6.92 Å². The number of hydrogen-bond donors (Lipinski definition) is 1. The minimum Gasteiger partial charge on any atom is -0.545 e. The molecule has 1 amide bonds. The number of carbonyl (C=O) groups excluding carboxylic acids is 2. The Morgan fingerprint density at radius 2 is 1.89 bits per heavy atom. The molecule has 2 N–H and O–H groups in total. The van der Waals surface area contributed by atoms with Crippen LogP contribution in [0.4, 0.5) is 0 Å². The number of carbonyl (C=O) groups is 2. The summed E-state index contributed by atoms with van der Waals surface area (Å²) >= 11 is 0. The van der Waals surface area contributed by atoms with Crippen LogP contribution < -0.4 is 25.7 Å². The lowest BCUT2D eigenvalue weighted by Crippen LogP contribution is -2.23. The molecule has 0 radical (unpaired) electrons. The van der Waals surface area contributed by atoms with Crippen LogP contribution in [0.5, 0.6) is 17.2 Å². The van der Waals surface area contributed by atoms with Gasteiger partial charge in [0.25, 0.3) is 5.91 Å². The van der Waals surface area contributed by atoms with Gasteiger partial charge in [0.05, 0.1) is 11.4 Å². The van der Waals surface area contributed by atoms with Gasteiger partial charge in [-0.05, 0) is 42.3 Å². The Balaban J connectivity index is 1.91. The summed E-state index contributed by atoms with van der Waals surface area (Å²) in [5, 5.41) is 11.4. The zero-order chi connectivity index (χ0) is 20.3. The summed E-state index contributed by atoms with van der Waals surface area (Å²) in [5.41, 5.74) is 5.47. The van der Waals surface area contributed by atoms with E-state index < -0.39 is 17.3 Å². The summed E-state index contributed by atoms with van der Waals surface area (Å²) in [5.74, 6) is -1.32. The van der Waals surface area contributed by atoms with Gasteiger partial charge in [0.1, 0.15) is 23.3 Å². The molecular weight excluding hydrogens is 366 g/mol. The molecule has 2 aromatic carbocycles. The van der Waals surface area contributed by atoms with Crippen LogP contribution in [-0.4, -0.2) is 18.5 Å². The number of amides is 1. The molecule has 0 saturated carbocycles. The number of fused-ring (bicyclic) bond motifs is 1. The third-order valence-electron chi connectivity index (χ3n) is 4.00. The van der Waals surface area contributed by atoms with Crippen molar-refractivity contribution in [3.63, 3.8) is 0 Å². The summed E-state index contributed by atoms with van der Waals surface area (Å²) in [6.45, 7) is 1.51. The molecule has 1 heterocycles. The topological polar surface area (TPSA) is 132 Å². The van der Waals surface area contributed by atoms with Gasteiger partial charge in [-0.3, -0.25) is 9.59 Å². The average Bonchev–Trinajstić information content (AvgIpc) is 2.68. The summed E-state index contributed by atoms with van der Waals surface area (Å²) in [6.07, 6.45) is 1.61. The molecule has 0 atom stereocenters. The molecule has 0 bridgehead atoms. The first-order valence-electron chi connectivity index (χ1n) is 8.38. The van der Waals surface area contributed by atoms with Gasteiger partial charge in [0.2, 0.25) is 11.2 Å². The van der Waals surface area contributed by atoms with Gasteiger partial charge < -0.3 is 29.5 Å². The number of carboxylic acids is 1. The molecule has 8 nitrogen and oxygen atoms in total. The maximum Gasteiger partial charge on any atom is 0.255 e. The molecule has 0 unspecified atom stereocenters. The van der Waals surface area contributed by atoms with E-state index in [1.54, 1.807) is 6.92 Å². The SMILES string of the molecule is CCc1cc(Oc2coc3cc(OCC(N)=O)ccc3c2=O)ccc1C(=O)[O-]. The second kappa shape index (κ2) is 7.83. The van der Waals surface area contributed by atoms with Gasteiger partial charge in [0, 0.05) is 11.6 Å². The van der Waals surface area contributed by atoms with E-state index in [4.69, 9.17) is 19.6 Å². The molecule has 3 aromatic rings. The van der Waals surface area contributed by atoms with Crippen molar-refractivity contribution < 1.29 is 28.6 Å². The molecule has 0 aliphatic heterocycles. The predicted octanol–water partition coefficient (Wildman–Crippen LogP) is 1.38. The van der Waals surface area contributed by atoms with Crippen LogP contribution in [0.15, 0.2) is 51.9 Å². The smallest absolute Gasteiger partial charge is 0.255 e. The van der Waals surface area contributed by atoms with E-state index in [0.717, 1.165) is 6.26 Å². The van der Waals surface area contributed by atoms with Gasteiger partial charge in [-0.2, -0.15) is 0 Å². The summed E-state index contributed by atoms with van der Waals surface area (Å²) in [4.78, 5) is 34.5. The van der Waals surface area contributed by atoms with E-state index in [9.17, 15) is 19.5 Å². The van der Waals surface area contributed by atoms with Crippen molar-refractivity contribution in [1.29, 1.82) is 0 Å². The molecular formula is C20H16NO7-. The van der Waals surface area contributed by atoms with E-state index in [2.05, 4.69) is 0 Å². The maximum absolute atomic E-state index is 12.6. The Morgan fingerprint density at radius 3 is 2.57 bits per heavy atom. The lowest BCUT2D eigenvalue weighted by atomic mass is 10.1. The van der Waals surface area contributed by atoms with Gasteiger partial charge in [-0.25, -0.2) is 0 Å². The number of aromatic carboxylic acids is 1. The Labute approximate surface area is 159 Å². The highest BCUT2D eigenvalue weighted by atomic mass is 16.5. The van der Waals surface area contributed by atoms with Crippen LogP contribution >= 0.6 is 0 Å². The Kier molecular flexibility index (Phi) is 5.30. The number of rotatable bonds is 7. The van der Waals surface area contributed by atoms with Crippen LogP contribution in [0.2, 0.25) is 0 Å². The molecule has 28 heavy (non-hydrogen) atoms. The number of primary amides is 1. The number of ether oxygens (including phenoxy) is 2. The molecule has 0 saturated heterocycles. The van der Waals surface area contributed by atoms with E-state index in [-0.39, 0.29) is 28.9 Å². The highest BCUT2D eigenvalue weighted by molar-refractivity contribution is 5.88. The van der Waals surface area contributed by atoms with E-state index >= 15 is 0 Å². The van der Waals surface area contributed by atoms with Crippen molar-refractivity contribution in [2.75, 3.05) is 6.61 Å². The summed E-state index contributed by atoms with van der Waals surface area (Å²) in [7, 11) is 0. The third kappa shape index (κ3) is 3.96. The minimum absolute atomic E-state index is 0.0541. The number of aryl methyl sites for hydroxylation is 1. The highest BCUT2D eigenvalue weighted by Gasteiger charge is 2.12. The second-order valence-electron chi connectivity index (χ2n) is 5.90. The molecule has 1 aromatic heterocycles. The quantitative estimate of drug-likeness (QED) is 0.653. The average molecular weight is 382 g/mol. The Hall–Kier alpha value is -3.81. The minimum atomic E-state index is -1.28. The molecule has 3 rings (SSSR count). The van der Waals surface area contributed by atoms with E-state index in [1.165, 1.54) is 36.4 Å². The highest BCUT2D eigenvalue weighted by Crippen LogP contribution is 2.25. The molecule has 0 spiro atoms. The van der Waals surface area contributed by atoms with Gasteiger partial charge in [0.15, 0.2) is 6.61 Å². The number of carboxylic acid groups (broad SMARTS) is 1. The first-order chi connectivity index (χ1) is 13.4. The number of hydrogen-bond acceptors (Lipinski definition) is 7. The molecule has 0 aliphatic rings. The maximum atomic E-state index is 12.6. The number of nitrogens with two attached hydrogens (primary N) is 1. The van der Waals surface area contributed by atoms with Crippen molar-refractivity contribution in [2.24, 2.45) is 5.73 Å². The monoisotopic (exact) mass is 382 g/mol. The zero-order valence-electron chi connectivity index (χ0n) is 14.9. The number of benzene rings is 2. The second-order valence-corrected chi connectivity index (χ2v) is 5.90. The Bertz CT molecular complexity index is 1120. The van der Waals surface area contributed by atoms with Gasteiger partial charge in [-0.15, -0.1) is 0 Å². The normalized spacial score (nSPS) is 10.6. The van der Waals surface area contributed by atoms with Crippen LogP contribution in [0.3, 0.4) is 0 Å². The van der Waals surface area contributed by atoms with Crippen molar-refractivity contribution in [2.45, 2.75) is 13.3 Å². The third-order valence-corrected chi connectivity index (χ3v) is 4.00. The van der Waals surface area contributed by atoms with Crippen molar-refractivity contribution in [3.05, 3.63) is 64.0 Å². The zero-order valence-corrected chi connectivity index (χ0v) is 14.9. The lowest BCUT2D eigenvalue weighted by Gasteiger charge is -2.12. The molecule has 144 valence electrons. The molecule has 0 aliphatic carbocycles. The van der Waals surface area contributed by atoms with Gasteiger partial charge >= 0.3 is 0 Å². The first kappa shape index (κ1) is 19.0. The van der Waals surface area contributed by atoms with Crippen LogP contribution in [0.25, 0.3) is 11.0 Å². The largest absolute Gasteiger partial charge is 0.545 e. The molecule has 0 fully saturated rings. The van der Waals surface area contributed by atoms with E-state index in [1.807, 2.05) is 0 Å². The van der Waals surface area contributed by atoms with Crippen molar-refractivity contribution in [3.8, 4) is 17.2 Å². The Morgan fingerprint density at radius 1 is 1.14 bits per heavy atom. The summed E-state index contributed by atoms with van der Waals surface area (Å²) < 4.78 is 16.2. The van der Waals surface area contributed by atoms with Crippen molar-refractivity contribution in [1.82, 2.24) is 0 Å². The fourth-order valence-corrected chi connectivity index (χ4v) is 2.66.